The van der Waals surface area contributed by atoms with Crippen molar-refractivity contribution in [1.82, 2.24) is 10.5 Å². The summed E-state index contributed by atoms with van der Waals surface area (Å²) in [6.45, 7) is 3.57. The molecule has 1 heterocycles. The summed E-state index contributed by atoms with van der Waals surface area (Å²) in [5.74, 6) is -0.0598. The summed E-state index contributed by atoms with van der Waals surface area (Å²) >= 11 is 5.89. The van der Waals surface area contributed by atoms with Crippen molar-refractivity contribution >= 4 is 17.5 Å². The Labute approximate surface area is 120 Å². The van der Waals surface area contributed by atoms with Crippen molar-refractivity contribution in [1.29, 1.82) is 0 Å². The summed E-state index contributed by atoms with van der Waals surface area (Å²) in [6.07, 6.45) is 0.146. The molecule has 0 spiro atoms. The highest BCUT2D eigenvalue weighted by atomic mass is 35.5. The highest BCUT2D eigenvalue weighted by Crippen LogP contribution is 2.18. The van der Waals surface area contributed by atoms with Crippen LogP contribution in [0.25, 0.3) is 0 Å². The van der Waals surface area contributed by atoms with Crippen molar-refractivity contribution in [3.8, 4) is 0 Å². The Morgan fingerprint density at radius 1 is 1.40 bits per heavy atom. The molecule has 20 heavy (non-hydrogen) atoms. The Balaban J connectivity index is 2.00. The second kappa shape index (κ2) is 6.05. The number of hydrogen-bond donors (Lipinski definition) is 1. The van der Waals surface area contributed by atoms with Gasteiger partial charge in [0.25, 0.3) is 0 Å². The van der Waals surface area contributed by atoms with Gasteiger partial charge in [-0.05, 0) is 26.0 Å². The van der Waals surface area contributed by atoms with E-state index in [0.29, 0.717) is 16.5 Å². The van der Waals surface area contributed by atoms with Crippen LogP contribution in [0.3, 0.4) is 0 Å². The minimum Gasteiger partial charge on any atom is -0.361 e. The van der Waals surface area contributed by atoms with Crippen molar-refractivity contribution in [2.45, 2.75) is 26.8 Å². The molecule has 0 aliphatic rings. The number of hydrogen-bond acceptors (Lipinski definition) is 3. The molecule has 4 nitrogen and oxygen atoms in total. The Hall–Kier alpha value is -1.88. The van der Waals surface area contributed by atoms with Crippen LogP contribution in [0, 0.1) is 19.7 Å². The normalized spacial score (nSPS) is 10.6. The predicted octanol–water partition coefficient (Wildman–Crippen LogP) is 2.94. The van der Waals surface area contributed by atoms with E-state index < -0.39 is 5.82 Å². The van der Waals surface area contributed by atoms with Crippen molar-refractivity contribution < 1.29 is 13.7 Å². The van der Waals surface area contributed by atoms with Crippen molar-refractivity contribution in [2.24, 2.45) is 0 Å². The lowest BCUT2D eigenvalue weighted by molar-refractivity contribution is -0.120. The average Bonchev–Trinajstić information content (AvgIpc) is 2.70. The highest BCUT2D eigenvalue weighted by molar-refractivity contribution is 6.31. The highest BCUT2D eigenvalue weighted by Gasteiger charge is 2.14. The zero-order valence-electron chi connectivity index (χ0n) is 11.2. The van der Waals surface area contributed by atoms with E-state index in [1.54, 1.807) is 19.9 Å². The molecule has 1 aromatic heterocycles. The first-order chi connectivity index (χ1) is 9.49. The Kier molecular flexibility index (Phi) is 4.39. The van der Waals surface area contributed by atoms with Crippen molar-refractivity contribution in [2.75, 3.05) is 0 Å². The summed E-state index contributed by atoms with van der Waals surface area (Å²) in [5.41, 5.74) is 1.71. The van der Waals surface area contributed by atoms with Gasteiger partial charge in [0.1, 0.15) is 11.6 Å². The second-order valence-electron chi connectivity index (χ2n) is 4.46. The molecule has 0 atom stereocenters. The van der Waals surface area contributed by atoms with E-state index in [1.807, 2.05) is 0 Å². The molecular weight excluding hydrogens is 283 g/mol. The van der Waals surface area contributed by atoms with E-state index in [1.165, 1.54) is 12.1 Å². The number of aromatic nitrogens is 1. The Bertz CT molecular complexity index is 600. The molecular formula is C14H14ClFN2O2. The molecule has 2 rings (SSSR count). The topological polar surface area (TPSA) is 55.1 Å². The number of rotatable bonds is 4. The number of amides is 1. The van der Waals surface area contributed by atoms with Gasteiger partial charge in [0.2, 0.25) is 5.91 Å². The first kappa shape index (κ1) is 14.5. The van der Waals surface area contributed by atoms with Gasteiger partial charge in [-0.3, -0.25) is 4.79 Å². The average molecular weight is 297 g/mol. The Morgan fingerprint density at radius 3 is 2.75 bits per heavy atom. The zero-order chi connectivity index (χ0) is 14.7. The van der Waals surface area contributed by atoms with Gasteiger partial charge < -0.3 is 9.84 Å². The van der Waals surface area contributed by atoms with Gasteiger partial charge in [0, 0.05) is 22.7 Å². The van der Waals surface area contributed by atoms with Crippen LogP contribution >= 0.6 is 11.6 Å². The van der Waals surface area contributed by atoms with Crippen LogP contribution in [-0.2, 0) is 17.8 Å². The number of carbonyl (C=O) groups is 1. The van der Waals surface area contributed by atoms with Gasteiger partial charge in [-0.25, -0.2) is 4.39 Å². The Morgan fingerprint density at radius 2 is 2.15 bits per heavy atom. The molecule has 0 saturated heterocycles. The van der Waals surface area contributed by atoms with E-state index >= 15 is 0 Å². The summed E-state index contributed by atoms with van der Waals surface area (Å²) in [6, 6.07) is 4.41. The minimum atomic E-state index is -0.435. The number of nitrogens with zero attached hydrogens (tertiary/aromatic N) is 1. The zero-order valence-corrected chi connectivity index (χ0v) is 11.9. The first-order valence-electron chi connectivity index (χ1n) is 6.10. The molecule has 2 aromatic rings. The number of nitrogens with one attached hydrogen (secondary N) is 1. The van der Waals surface area contributed by atoms with Gasteiger partial charge >= 0.3 is 0 Å². The van der Waals surface area contributed by atoms with Gasteiger partial charge in [-0.1, -0.05) is 22.8 Å². The molecule has 0 saturated carbocycles. The maximum Gasteiger partial charge on any atom is 0.224 e. The van der Waals surface area contributed by atoms with Crippen LogP contribution in [0.15, 0.2) is 22.7 Å². The summed E-state index contributed by atoms with van der Waals surface area (Å²) in [5, 5.41) is 6.71. The maximum absolute atomic E-state index is 13.5. The van der Waals surface area contributed by atoms with Crippen molar-refractivity contribution in [3.05, 3.63) is 51.6 Å². The molecule has 0 unspecified atom stereocenters. The fourth-order valence-electron chi connectivity index (χ4n) is 1.87. The van der Waals surface area contributed by atoms with E-state index in [2.05, 4.69) is 10.5 Å². The standard InChI is InChI=1S/C14H14ClFN2O2/c1-8-10(9(2)20-18-8)6-14(19)17-7-11-12(15)4-3-5-13(11)16/h3-5H,6-7H2,1-2H3,(H,17,19). The lowest BCUT2D eigenvalue weighted by atomic mass is 10.1. The molecule has 0 fully saturated rings. The third kappa shape index (κ3) is 3.17. The minimum absolute atomic E-state index is 0.0493. The summed E-state index contributed by atoms with van der Waals surface area (Å²) in [7, 11) is 0. The monoisotopic (exact) mass is 296 g/mol. The van der Waals surface area contributed by atoms with Crippen LogP contribution in [-0.4, -0.2) is 11.1 Å². The molecule has 1 aromatic carbocycles. The molecule has 6 heteroatoms. The SMILES string of the molecule is Cc1noc(C)c1CC(=O)NCc1c(F)cccc1Cl. The lowest BCUT2D eigenvalue weighted by Gasteiger charge is -2.08. The maximum atomic E-state index is 13.5. The molecule has 0 radical (unpaired) electrons. The molecule has 0 aliphatic heterocycles. The second-order valence-corrected chi connectivity index (χ2v) is 4.86. The van der Waals surface area contributed by atoms with Gasteiger partial charge in [0.05, 0.1) is 12.1 Å². The van der Waals surface area contributed by atoms with Crippen LogP contribution in [0.1, 0.15) is 22.6 Å². The quantitative estimate of drug-likeness (QED) is 0.944. The largest absolute Gasteiger partial charge is 0.361 e. The van der Waals surface area contributed by atoms with Crippen LogP contribution in [0.2, 0.25) is 5.02 Å². The van der Waals surface area contributed by atoms with Gasteiger partial charge in [0.15, 0.2) is 0 Å². The third-order valence-corrected chi connectivity index (χ3v) is 3.40. The first-order valence-corrected chi connectivity index (χ1v) is 6.48. The number of carbonyl (C=O) groups excluding carboxylic acids is 1. The fraction of sp³-hybridized carbons (Fsp3) is 0.286. The lowest BCUT2D eigenvalue weighted by Crippen LogP contribution is -2.25. The third-order valence-electron chi connectivity index (χ3n) is 3.04. The number of halogens is 2. The predicted molar refractivity (Wildman–Crippen MR) is 72.9 cm³/mol. The van der Waals surface area contributed by atoms with E-state index in [-0.39, 0.29) is 24.4 Å². The molecule has 0 bridgehead atoms. The molecule has 1 N–H and O–H groups in total. The van der Waals surface area contributed by atoms with E-state index in [4.69, 9.17) is 16.1 Å². The van der Waals surface area contributed by atoms with E-state index in [9.17, 15) is 9.18 Å². The smallest absolute Gasteiger partial charge is 0.224 e. The van der Waals surface area contributed by atoms with Crippen molar-refractivity contribution in [3.63, 3.8) is 0 Å². The van der Waals surface area contributed by atoms with Gasteiger partial charge in [-0.2, -0.15) is 0 Å². The fourth-order valence-corrected chi connectivity index (χ4v) is 2.10. The molecule has 1 amide bonds. The summed E-state index contributed by atoms with van der Waals surface area (Å²) in [4.78, 5) is 11.9. The van der Waals surface area contributed by atoms with Gasteiger partial charge in [-0.15, -0.1) is 0 Å². The van der Waals surface area contributed by atoms with Crippen LogP contribution in [0.4, 0.5) is 4.39 Å². The van der Waals surface area contributed by atoms with Crippen LogP contribution < -0.4 is 5.32 Å². The number of aryl methyl sites for hydroxylation is 2. The number of benzene rings is 1. The molecule has 0 aliphatic carbocycles. The van der Waals surface area contributed by atoms with E-state index in [0.717, 1.165) is 5.56 Å². The molecule has 106 valence electrons. The van der Waals surface area contributed by atoms with Crippen LogP contribution in [0.5, 0.6) is 0 Å². The summed E-state index contributed by atoms with van der Waals surface area (Å²) < 4.78 is 18.5.